The van der Waals surface area contributed by atoms with E-state index >= 15 is 0 Å². The van der Waals surface area contributed by atoms with Crippen molar-refractivity contribution in [3.05, 3.63) is 11.7 Å². The highest BCUT2D eigenvalue weighted by atomic mass is 19.4. The highest BCUT2D eigenvalue weighted by Crippen LogP contribution is 2.33. The Morgan fingerprint density at radius 3 is 2.23 bits per heavy atom. The second kappa shape index (κ2) is 3.61. The van der Waals surface area contributed by atoms with Crippen LogP contribution in [0.4, 0.5) is 22.0 Å². The summed E-state index contributed by atoms with van der Waals surface area (Å²) in [5.74, 6) is -4.52. The van der Waals surface area contributed by atoms with E-state index in [9.17, 15) is 22.0 Å². The SMILES string of the molecule is FC(=C(F)C(F)(F)F)C1CCCO1. The van der Waals surface area contributed by atoms with Crippen molar-refractivity contribution in [2.24, 2.45) is 0 Å². The van der Waals surface area contributed by atoms with Crippen LogP contribution in [0.5, 0.6) is 0 Å². The van der Waals surface area contributed by atoms with Crippen LogP contribution in [-0.2, 0) is 4.74 Å². The van der Waals surface area contributed by atoms with Crippen LogP contribution in [0.3, 0.4) is 0 Å². The maximum absolute atomic E-state index is 12.7. The van der Waals surface area contributed by atoms with E-state index in [1.165, 1.54) is 0 Å². The summed E-state index contributed by atoms with van der Waals surface area (Å²) in [4.78, 5) is 0. The van der Waals surface area contributed by atoms with E-state index in [1.54, 1.807) is 0 Å². The van der Waals surface area contributed by atoms with Gasteiger partial charge in [-0.1, -0.05) is 0 Å². The van der Waals surface area contributed by atoms with Crippen LogP contribution >= 0.6 is 0 Å². The number of halogens is 5. The van der Waals surface area contributed by atoms with Gasteiger partial charge in [-0.2, -0.15) is 17.6 Å². The molecule has 0 aromatic rings. The molecule has 0 aromatic carbocycles. The topological polar surface area (TPSA) is 9.23 Å². The summed E-state index contributed by atoms with van der Waals surface area (Å²) in [5.41, 5.74) is 0. The van der Waals surface area contributed by atoms with Gasteiger partial charge in [-0.3, -0.25) is 0 Å². The first-order valence-corrected chi connectivity index (χ1v) is 3.67. The highest BCUT2D eigenvalue weighted by Gasteiger charge is 2.40. The zero-order valence-corrected chi connectivity index (χ0v) is 6.50. The van der Waals surface area contributed by atoms with Gasteiger partial charge in [0.25, 0.3) is 0 Å². The minimum Gasteiger partial charge on any atom is -0.371 e. The number of allylic oxidation sites excluding steroid dienone is 1. The van der Waals surface area contributed by atoms with Crippen LogP contribution in [0, 0.1) is 0 Å². The molecule has 1 saturated heterocycles. The summed E-state index contributed by atoms with van der Waals surface area (Å²) in [6.45, 7) is 0.170. The fourth-order valence-electron chi connectivity index (χ4n) is 1.05. The first kappa shape index (κ1) is 10.4. The van der Waals surface area contributed by atoms with Crippen molar-refractivity contribution < 1.29 is 26.7 Å². The van der Waals surface area contributed by atoms with Gasteiger partial charge in [-0.05, 0) is 12.8 Å². The van der Waals surface area contributed by atoms with E-state index in [0.29, 0.717) is 6.42 Å². The summed E-state index contributed by atoms with van der Waals surface area (Å²) < 4.78 is 64.3. The maximum Gasteiger partial charge on any atom is 0.445 e. The lowest BCUT2D eigenvalue weighted by Gasteiger charge is -2.09. The van der Waals surface area contributed by atoms with Crippen molar-refractivity contribution in [2.75, 3.05) is 6.61 Å². The summed E-state index contributed by atoms with van der Waals surface area (Å²) in [6, 6.07) is 0. The number of hydrogen-bond acceptors (Lipinski definition) is 1. The van der Waals surface area contributed by atoms with Crippen LogP contribution in [0.1, 0.15) is 12.8 Å². The van der Waals surface area contributed by atoms with Crippen LogP contribution < -0.4 is 0 Å². The molecule has 1 rings (SSSR count). The minimum absolute atomic E-state index is 0.0926. The third-order valence-corrected chi connectivity index (χ3v) is 1.67. The lowest BCUT2D eigenvalue weighted by Crippen LogP contribution is -2.15. The number of ether oxygens (including phenoxy) is 1. The van der Waals surface area contributed by atoms with Crippen molar-refractivity contribution >= 4 is 0 Å². The normalized spacial score (nSPS) is 26.1. The second-order valence-electron chi connectivity index (χ2n) is 2.66. The van der Waals surface area contributed by atoms with E-state index in [-0.39, 0.29) is 13.0 Å². The van der Waals surface area contributed by atoms with Crippen molar-refractivity contribution in [1.29, 1.82) is 0 Å². The molecule has 0 aliphatic carbocycles. The average molecular weight is 202 g/mol. The fraction of sp³-hybridized carbons (Fsp3) is 0.714. The monoisotopic (exact) mass is 202 g/mol. The highest BCUT2D eigenvalue weighted by molar-refractivity contribution is 5.11. The molecule has 1 aliphatic rings. The standard InChI is InChI=1S/C7H7F5O/c8-5(4-2-1-3-13-4)6(9)7(10,11)12/h4H,1-3H2. The van der Waals surface area contributed by atoms with Gasteiger partial charge in [0.2, 0.25) is 5.83 Å². The Hall–Kier alpha value is -0.650. The molecule has 0 bridgehead atoms. The zero-order chi connectivity index (χ0) is 10.1. The summed E-state index contributed by atoms with van der Waals surface area (Å²) in [7, 11) is 0. The Morgan fingerprint density at radius 1 is 1.23 bits per heavy atom. The number of alkyl halides is 3. The van der Waals surface area contributed by atoms with Gasteiger partial charge >= 0.3 is 6.18 Å². The van der Waals surface area contributed by atoms with Crippen molar-refractivity contribution in [1.82, 2.24) is 0 Å². The van der Waals surface area contributed by atoms with Crippen molar-refractivity contribution in [3.63, 3.8) is 0 Å². The Balaban J connectivity index is 2.77. The lowest BCUT2D eigenvalue weighted by molar-refractivity contribution is -0.113. The largest absolute Gasteiger partial charge is 0.445 e. The van der Waals surface area contributed by atoms with E-state index in [4.69, 9.17) is 0 Å². The third kappa shape index (κ3) is 2.40. The van der Waals surface area contributed by atoms with E-state index in [1.807, 2.05) is 0 Å². The number of hydrogen-bond donors (Lipinski definition) is 0. The predicted molar refractivity (Wildman–Crippen MR) is 34.3 cm³/mol. The smallest absolute Gasteiger partial charge is 0.371 e. The molecule has 1 aliphatic heterocycles. The van der Waals surface area contributed by atoms with Gasteiger partial charge in [0.05, 0.1) is 0 Å². The molecule has 0 radical (unpaired) electrons. The Kier molecular flexibility index (Phi) is 2.90. The summed E-state index contributed by atoms with van der Waals surface area (Å²) >= 11 is 0. The van der Waals surface area contributed by atoms with Crippen LogP contribution in [0.25, 0.3) is 0 Å². The van der Waals surface area contributed by atoms with Crippen LogP contribution in [0.2, 0.25) is 0 Å². The molecule has 76 valence electrons. The first-order valence-electron chi connectivity index (χ1n) is 3.67. The molecule has 1 fully saturated rings. The van der Waals surface area contributed by atoms with Crippen LogP contribution in [-0.4, -0.2) is 18.9 Å². The molecule has 1 heterocycles. The minimum atomic E-state index is -5.25. The first-order chi connectivity index (χ1) is 5.93. The van der Waals surface area contributed by atoms with Gasteiger partial charge in [0.15, 0.2) is 5.83 Å². The summed E-state index contributed by atoms with van der Waals surface area (Å²) in [5, 5.41) is 0. The molecule has 1 unspecified atom stereocenters. The van der Waals surface area contributed by atoms with Gasteiger partial charge in [-0.15, -0.1) is 0 Å². The lowest BCUT2D eigenvalue weighted by atomic mass is 10.2. The van der Waals surface area contributed by atoms with Gasteiger partial charge < -0.3 is 4.74 Å². The van der Waals surface area contributed by atoms with Crippen molar-refractivity contribution in [2.45, 2.75) is 25.1 Å². The quantitative estimate of drug-likeness (QED) is 0.594. The molecule has 6 heteroatoms. The van der Waals surface area contributed by atoms with Gasteiger partial charge in [-0.25, -0.2) is 4.39 Å². The molecular weight excluding hydrogens is 195 g/mol. The summed E-state index contributed by atoms with van der Waals surface area (Å²) in [6.07, 6.45) is -6.07. The fourth-order valence-corrected chi connectivity index (χ4v) is 1.05. The molecular formula is C7H7F5O. The predicted octanol–water partition coefficient (Wildman–Crippen LogP) is 2.88. The zero-order valence-electron chi connectivity index (χ0n) is 6.50. The van der Waals surface area contributed by atoms with E-state index in [0.717, 1.165) is 0 Å². The third-order valence-electron chi connectivity index (χ3n) is 1.67. The molecule has 13 heavy (non-hydrogen) atoms. The average Bonchev–Trinajstić information content (AvgIpc) is 2.51. The molecule has 1 atom stereocenters. The Bertz CT molecular complexity index is 213. The van der Waals surface area contributed by atoms with Gasteiger partial charge in [0.1, 0.15) is 6.10 Å². The molecule has 1 nitrogen and oxygen atoms in total. The Morgan fingerprint density at radius 2 is 1.85 bits per heavy atom. The van der Waals surface area contributed by atoms with Crippen molar-refractivity contribution in [3.8, 4) is 0 Å². The number of rotatable bonds is 1. The van der Waals surface area contributed by atoms with Crippen LogP contribution in [0.15, 0.2) is 11.7 Å². The maximum atomic E-state index is 12.7. The van der Waals surface area contributed by atoms with E-state index in [2.05, 4.69) is 4.74 Å². The molecule has 0 amide bonds. The molecule has 0 aromatic heterocycles. The molecule has 0 saturated carbocycles. The van der Waals surface area contributed by atoms with Gasteiger partial charge in [0, 0.05) is 6.61 Å². The second-order valence-corrected chi connectivity index (χ2v) is 2.66. The van der Waals surface area contributed by atoms with E-state index < -0.39 is 23.9 Å². The molecule has 0 spiro atoms. The Labute approximate surface area is 71.2 Å². The molecule has 0 N–H and O–H groups in total.